The van der Waals surface area contributed by atoms with Crippen LogP contribution in [-0.4, -0.2) is 46.4 Å². The zero-order valence-corrected chi connectivity index (χ0v) is 14.9. The maximum absolute atomic E-state index is 14.9. The third-order valence-corrected chi connectivity index (χ3v) is 5.42. The molecule has 0 bridgehead atoms. The number of hydrogen-bond donors (Lipinski definition) is 1. The molecule has 1 atom stereocenters. The van der Waals surface area contributed by atoms with Gasteiger partial charge in [-0.15, -0.1) is 0 Å². The number of piperazine rings is 1. The Kier molecular flexibility index (Phi) is 4.20. The number of nitrogens with one attached hydrogen (secondary N) is 1. The number of nitrogens with zero attached hydrogens (tertiary/aromatic N) is 4. The van der Waals surface area contributed by atoms with Gasteiger partial charge in [0.2, 0.25) is 0 Å². The topological polar surface area (TPSA) is 53.9 Å². The second-order valence-corrected chi connectivity index (χ2v) is 7.60. The van der Waals surface area contributed by atoms with Crippen LogP contribution in [0.2, 0.25) is 5.15 Å². The molecule has 10 heteroatoms. The van der Waals surface area contributed by atoms with Crippen LogP contribution in [0.15, 0.2) is 5.16 Å². The fourth-order valence-electron chi connectivity index (χ4n) is 3.39. The molecule has 1 unspecified atom stereocenters. The van der Waals surface area contributed by atoms with E-state index in [0.29, 0.717) is 36.4 Å². The van der Waals surface area contributed by atoms with E-state index in [1.807, 2.05) is 11.8 Å². The summed E-state index contributed by atoms with van der Waals surface area (Å²) in [5.74, 6) is -3.13. The molecule has 1 N–H and O–H groups in total. The van der Waals surface area contributed by atoms with E-state index in [-0.39, 0.29) is 10.9 Å². The first-order valence-electron chi connectivity index (χ1n) is 7.97. The van der Waals surface area contributed by atoms with Gasteiger partial charge >= 0.3 is 0 Å². The lowest BCUT2D eigenvalue weighted by molar-refractivity contribution is -0.0225. The molecule has 0 radical (unpaired) electrons. The van der Waals surface area contributed by atoms with Crippen molar-refractivity contribution in [2.75, 3.05) is 30.3 Å². The van der Waals surface area contributed by atoms with Crippen LogP contribution in [0.5, 0.6) is 0 Å². The molecule has 2 aromatic heterocycles. The average Bonchev–Trinajstić information content (AvgIpc) is 2.66. The van der Waals surface area contributed by atoms with E-state index < -0.39 is 35.0 Å². The molecular weight excluding hydrogens is 375 g/mol. The van der Waals surface area contributed by atoms with Gasteiger partial charge in [0.25, 0.3) is 5.92 Å². The Labute approximate surface area is 151 Å². The number of pyridine rings is 1. The SMILES string of the molecule is CCSc1nc2c3c(nc(Cl)c(F)c3n1)C(F)(F)CC1CNCCN21. The van der Waals surface area contributed by atoms with E-state index in [4.69, 9.17) is 11.6 Å². The van der Waals surface area contributed by atoms with Crippen LogP contribution in [-0.2, 0) is 5.92 Å². The van der Waals surface area contributed by atoms with Crippen molar-refractivity contribution in [1.29, 1.82) is 0 Å². The van der Waals surface area contributed by atoms with E-state index in [9.17, 15) is 13.2 Å². The fraction of sp³-hybridized carbons (Fsp3) is 0.533. The Bertz CT molecular complexity index is 850. The van der Waals surface area contributed by atoms with Crippen molar-refractivity contribution in [3.63, 3.8) is 0 Å². The molecule has 4 rings (SSSR count). The van der Waals surface area contributed by atoms with Crippen LogP contribution in [0.3, 0.4) is 0 Å². The Morgan fingerprint density at radius 3 is 2.92 bits per heavy atom. The average molecular weight is 390 g/mol. The molecule has 0 amide bonds. The standard InChI is InChI=1S/C15H15ClF3N5S/c1-2-25-14-21-10-8-11(22-12(16)9(10)17)15(18,19)5-7-6-20-3-4-24(7)13(8)23-14/h7,20H,2-6H2,1H3. The summed E-state index contributed by atoms with van der Waals surface area (Å²) in [4.78, 5) is 14.1. The Morgan fingerprint density at radius 1 is 1.36 bits per heavy atom. The van der Waals surface area contributed by atoms with Gasteiger partial charge in [0.15, 0.2) is 16.1 Å². The van der Waals surface area contributed by atoms with Gasteiger partial charge < -0.3 is 10.2 Å². The van der Waals surface area contributed by atoms with Crippen LogP contribution >= 0.6 is 23.4 Å². The van der Waals surface area contributed by atoms with Gasteiger partial charge in [0.1, 0.15) is 17.0 Å². The van der Waals surface area contributed by atoms with Gasteiger partial charge in [0.05, 0.1) is 5.39 Å². The van der Waals surface area contributed by atoms with Crippen molar-refractivity contribution >= 4 is 40.1 Å². The Balaban J connectivity index is 2.08. The van der Waals surface area contributed by atoms with E-state index in [2.05, 4.69) is 20.3 Å². The van der Waals surface area contributed by atoms with Gasteiger partial charge in [-0.25, -0.2) is 19.3 Å². The highest BCUT2D eigenvalue weighted by atomic mass is 35.5. The minimum Gasteiger partial charge on any atom is -0.350 e. The predicted molar refractivity (Wildman–Crippen MR) is 91.2 cm³/mol. The van der Waals surface area contributed by atoms with Gasteiger partial charge in [-0.1, -0.05) is 30.3 Å². The van der Waals surface area contributed by atoms with Crippen molar-refractivity contribution in [3.05, 3.63) is 16.7 Å². The second kappa shape index (κ2) is 6.14. The lowest BCUT2D eigenvalue weighted by Crippen LogP contribution is -2.52. The van der Waals surface area contributed by atoms with Crippen LogP contribution in [0, 0.1) is 5.82 Å². The number of fused-ring (bicyclic) bond motifs is 2. The van der Waals surface area contributed by atoms with Gasteiger partial charge in [-0.05, 0) is 5.75 Å². The van der Waals surface area contributed by atoms with Crippen molar-refractivity contribution in [3.8, 4) is 0 Å². The number of alkyl halides is 2. The summed E-state index contributed by atoms with van der Waals surface area (Å²) in [5.41, 5.74) is -0.721. The summed E-state index contributed by atoms with van der Waals surface area (Å²) in [6.45, 7) is 3.47. The van der Waals surface area contributed by atoms with Crippen LogP contribution in [0.25, 0.3) is 10.9 Å². The summed E-state index contributed by atoms with van der Waals surface area (Å²) in [6.07, 6.45) is -0.434. The number of thioether (sulfide) groups is 1. The van der Waals surface area contributed by atoms with Crippen LogP contribution in [0.4, 0.5) is 19.0 Å². The summed E-state index contributed by atoms with van der Waals surface area (Å²) < 4.78 is 44.4. The molecule has 25 heavy (non-hydrogen) atoms. The summed E-state index contributed by atoms with van der Waals surface area (Å²) in [7, 11) is 0. The third-order valence-electron chi connectivity index (χ3n) is 4.44. The minimum atomic E-state index is -3.24. The van der Waals surface area contributed by atoms with Crippen molar-refractivity contribution in [1.82, 2.24) is 20.3 Å². The van der Waals surface area contributed by atoms with E-state index in [1.165, 1.54) is 11.8 Å². The number of hydrogen-bond acceptors (Lipinski definition) is 6. The van der Waals surface area contributed by atoms with Crippen molar-refractivity contribution in [2.45, 2.75) is 30.5 Å². The number of anilines is 1. The molecule has 4 heterocycles. The number of halogens is 4. The second-order valence-electron chi connectivity index (χ2n) is 6.01. The third kappa shape index (κ3) is 2.72. The zero-order chi connectivity index (χ0) is 17.8. The lowest BCUT2D eigenvalue weighted by atomic mass is 10.0. The van der Waals surface area contributed by atoms with Crippen molar-refractivity contribution < 1.29 is 13.2 Å². The number of aromatic nitrogens is 3. The van der Waals surface area contributed by atoms with E-state index in [0.717, 1.165) is 0 Å². The highest BCUT2D eigenvalue weighted by Crippen LogP contribution is 2.45. The Hall–Kier alpha value is -1.32. The zero-order valence-electron chi connectivity index (χ0n) is 13.3. The predicted octanol–water partition coefficient (Wildman–Crippen LogP) is 3.20. The smallest absolute Gasteiger partial charge is 0.292 e. The first-order valence-corrected chi connectivity index (χ1v) is 9.34. The number of rotatable bonds is 2. The molecule has 0 aromatic carbocycles. The molecule has 0 spiro atoms. The molecule has 2 aliphatic rings. The van der Waals surface area contributed by atoms with Gasteiger partial charge in [-0.2, -0.15) is 8.78 Å². The molecule has 134 valence electrons. The minimum absolute atomic E-state index is 0.0308. The van der Waals surface area contributed by atoms with Crippen molar-refractivity contribution in [2.24, 2.45) is 0 Å². The van der Waals surface area contributed by atoms with E-state index >= 15 is 0 Å². The van der Waals surface area contributed by atoms with E-state index in [1.54, 1.807) is 0 Å². The molecule has 2 aromatic rings. The molecule has 1 saturated heterocycles. The fourth-order valence-corrected chi connectivity index (χ4v) is 4.13. The first kappa shape index (κ1) is 17.1. The normalized spacial score (nSPS) is 22.0. The van der Waals surface area contributed by atoms with Gasteiger partial charge in [-0.3, -0.25) is 0 Å². The molecule has 2 aliphatic heterocycles. The molecule has 5 nitrogen and oxygen atoms in total. The highest BCUT2D eigenvalue weighted by Gasteiger charge is 2.46. The summed E-state index contributed by atoms with van der Waals surface area (Å²) >= 11 is 7.13. The quantitative estimate of drug-likeness (QED) is 0.483. The molecule has 1 fully saturated rings. The van der Waals surface area contributed by atoms with Gasteiger partial charge in [0, 0.05) is 32.1 Å². The Morgan fingerprint density at radius 2 is 2.16 bits per heavy atom. The maximum atomic E-state index is 14.9. The molecular formula is C15H15ClF3N5S. The molecule has 0 aliphatic carbocycles. The molecule has 0 saturated carbocycles. The largest absolute Gasteiger partial charge is 0.350 e. The summed E-state index contributed by atoms with van der Waals surface area (Å²) in [6, 6.07) is -0.461. The summed E-state index contributed by atoms with van der Waals surface area (Å²) in [5, 5.41) is 2.86. The van der Waals surface area contributed by atoms with Crippen LogP contribution in [0.1, 0.15) is 19.0 Å². The highest BCUT2D eigenvalue weighted by molar-refractivity contribution is 7.99. The monoisotopic (exact) mass is 389 g/mol. The lowest BCUT2D eigenvalue weighted by Gasteiger charge is -2.36. The first-order chi connectivity index (χ1) is 11.9. The maximum Gasteiger partial charge on any atom is 0.292 e. The van der Waals surface area contributed by atoms with Crippen LogP contribution < -0.4 is 10.2 Å².